The van der Waals surface area contributed by atoms with Crippen LogP contribution in [0.5, 0.6) is 0 Å². The van der Waals surface area contributed by atoms with Crippen LogP contribution in [0.1, 0.15) is 16.1 Å². The van der Waals surface area contributed by atoms with Crippen molar-refractivity contribution in [3.63, 3.8) is 0 Å². The highest BCUT2D eigenvalue weighted by Gasteiger charge is 2.10. The summed E-state index contributed by atoms with van der Waals surface area (Å²) in [4.78, 5) is 11.0. The maximum atomic E-state index is 11.0. The SMILES string of the molecule is Cc1ccc2oc(C(=O)NO)cc2c1. The molecule has 0 aliphatic heterocycles. The van der Waals surface area contributed by atoms with Gasteiger partial charge in [0.15, 0.2) is 5.76 Å². The summed E-state index contributed by atoms with van der Waals surface area (Å²) < 4.78 is 5.20. The Labute approximate surface area is 80.1 Å². The lowest BCUT2D eigenvalue weighted by molar-refractivity contribution is 0.0678. The van der Waals surface area contributed by atoms with Crippen molar-refractivity contribution in [2.75, 3.05) is 0 Å². The minimum atomic E-state index is -0.640. The number of fused-ring (bicyclic) bond motifs is 1. The average Bonchev–Trinajstić information content (AvgIpc) is 2.59. The third-order valence-electron chi connectivity index (χ3n) is 2.00. The number of benzene rings is 1. The highest BCUT2D eigenvalue weighted by molar-refractivity contribution is 5.95. The van der Waals surface area contributed by atoms with Crippen molar-refractivity contribution in [1.82, 2.24) is 5.48 Å². The summed E-state index contributed by atoms with van der Waals surface area (Å²) in [5.74, 6) is -0.535. The highest BCUT2D eigenvalue weighted by atomic mass is 16.5. The van der Waals surface area contributed by atoms with Crippen LogP contribution in [0.3, 0.4) is 0 Å². The van der Waals surface area contributed by atoms with E-state index in [1.807, 2.05) is 19.1 Å². The van der Waals surface area contributed by atoms with Crippen LogP contribution in [0.15, 0.2) is 28.7 Å². The van der Waals surface area contributed by atoms with Gasteiger partial charge in [-0.05, 0) is 25.1 Å². The second kappa shape index (κ2) is 3.16. The molecule has 0 unspecified atom stereocenters. The Morgan fingerprint density at radius 1 is 1.43 bits per heavy atom. The molecule has 1 aromatic carbocycles. The van der Waals surface area contributed by atoms with E-state index in [2.05, 4.69) is 0 Å². The van der Waals surface area contributed by atoms with Crippen molar-refractivity contribution in [2.24, 2.45) is 0 Å². The van der Waals surface area contributed by atoms with Crippen molar-refractivity contribution in [3.8, 4) is 0 Å². The van der Waals surface area contributed by atoms with Gasteiger partial charge in [-0.3, -0.25) is 10.0 Å². The first-order chi connectivity index (χ1) is 6.70. The molecule has 0 bridgehead atoms. The van der Waals surface area contributed by atoms with E-state index in [0.29, 0.717) is 5.58 Å². The van der Waals surface area contributed by atoms with E-state index >= 15 is 0 Å². The number of rotatable bonds is 1. The topological polar surface area (TPSA) is 62.5 Å². The summed E-state index contributed by atoms with van der Waals surface area (Å²) in [6.45, 7) is 1.96. The monoisotopic (exact) mass is 191 g/mol. The third-order valence-corrected chi connectivity index (χ3v) is 2.00. The van der Waals surface area contributed by atoms with Crippen LogP contribution in [-0.2, 0) is 0 Å². The molecular weight excluding hydrogens is 182 g/mol. The molecular formula is C10H9NO3. The zero-order valence-electron chi connectivity index (χ0n) is 7.57. The van der Waals surface area contributed by atoms with Crippen LogP contribution in [0.4, 0.5) is 0 Å². The molecule has 1 heterocycles. The lowest BCUT2D eigenvalue weighted by atomic mass is 10.2. The molecule has 1 amide bonds. The molecule has 4 nitrogen and oxygen atoms in total. The van der Waals surface area contributed by atoms with E-state index < -0.39 is 5.91 Å². The van der Waals surface area contributed by atoms with E-state index in [9.17, 15) is 4.79 Å². The quantitative estimate of drug-likeness (QED) is 0.534. The van der Waals surface area contributed by atoms with Gasteiger partial charge in [0.1, 0.15) is 5.58 Å². The number of amides is 1. The summed E-state index contributed by atoms with van der Waals surface area (Å²) in [5.41, 5.74) is 3.25. The summed E-state index contributed by atoms with van der Waals surface area (Å²) >= 11 is 0. The molecule has 2 N–H and O–H groups in total. The van der Waals surface area contributed by atoms with Crippen molar-refractivity contribution in [2.45, 2.75) is 6.92 Å². The Balaban J connectivity index is 2.56. The minimum absolute atomic E-state index is 0.105. The molecule has 0 spiro atoms. The summed E-state index contributed by atoms with van der Waals surface area (Å²) in [6, 6.07) is 7.19. The fourth-order valence-corrected chi connectivity index (χ4v) is 1.33. The van der Waals surface area contributed by atoms with Gasteiger partial charge in [-0.15, -0.1) is 0 Å². The fourth-order valence-electron chi connectivity index (χ4n) is 1.33. The van der Waals surface area contributed by atoms with Crippen LogP contribution in [0.25, 0.3) is 11.0 Å². The van der Waals surface area contributed by atoms with Gasteiger partial charge in [0, 0.05) is 5.39 Å². The Bertz CT molecular complexity index is 487. The van der Waals surface area contributed by atoms with Gasteiger partial charge < -0.3 is 4.42 Å². The number of nitrogens with one attached hydrogen (secondary N) is 1. The molecule has 4 heteroatoms. The molecule has 1 aromatic heterocycles. The normalized spacial score (nSPS) is 10.4. The first-order valence-electron chi connectivity index (χ1n) is 4.15. The van der Waals surface area contributed by atoms with Crippen LogP contribution < -0.4 is 5.48 Å². The molecule has 0 aliphatic carbocycles. The second-order valence-corrected chi connectivity index (χ2v) is 3.09. The Morgan fingerprint density at radius 2 is 2.21 bits per heavy atom. The van der Waals surface area contributed by atoms with Crippen molar-refractivity contribution in [3.05, 3.63) is 35.6 Å². The predicted octanol–water partition coefficient (Wildman–Crippen LogP) is 1.86. The highest BCUT2D eigenvalue weighted by Crippen LogP contribution is 2.20. The zero-order valence-corrected chi connectivity index (χ0v) is 7.57. The Morgan fingerprint density at radius 3 is 2.93 bits per heavy atom. The first-order valence-corrected chi connectivity index (χ1v) is 4.15. The molecule has 2 aromatic rings. The fraction of sp³-hybridized carbons (Fsp3) is 0.100. The number of carbonyl (C=O) groups is 1. The van der Waals surface area contributed by atoms with E-state index in [4.69, 9.17) is 9.62 Å². The van der Waals surface area contributed by atoms with Gasteiger partial charge in [-0.1, -0.05) is 11.6 Å². The number of hydroxylamine groups is 1. The van der Waals surface area contributed by atoms with Crippen LogP contribution in [-0.4, -0.2) is 11.1 Å². The molecule has 0 atom stereocenters. The minimum Gasteiger partial charge on any atom is -0.451 e. The number of hydrogen-bond donors (Lipinski definition) is 2. The molecule has 0 aliphatic rings. The van der Waals surface area contributed by atoms with E-state index in [-0.39, 0.29) is 5.76 Å². The van der Waals surface area contributed by atoms with Gasteiger partial charge in [0.25, 0.3) is 0 Å². The summed E-state index contributed by atoms with van der Waals surface area (Å²) in [6.07, 6.45) is 0. The number of carbonyl (C=O) groups excluding carboxylic acids is 1. The van der Waals surface area contributed by atoms with E-state index in [1.54, 1.807) is 12.1 Å². The average molecular weight is 191 g/mol. The van der Waals surface area contributed by atoms with Crippen LogP contribution in [0.2, 0.25) is 0 Å². The van der Waals surface area contributed by atoms with Crippen molar-refractivity contribution in [1.29, 1.82) is 0 Å². The second-order valence-electron chi connectivity index (χ2n) is 3.09. The van der Waals surface area contributed by atoms with Gasteiger partial charge in [-0.2, -0.15) is 0 Å². The van der Waals surface area contributed by atoms with E-state index in [0.717, 1.165) is 10.9 Å². The Hall–Kier alpha value is -1.81. The van der Waals surface area contributed by atoms with Gasteiger partial charge >= 0.3 is 5.91 Å². The maximum Gasteiger partial charge on any atom is 0.310 e. The lowest BCUT2D eigenvalue weighted by Crippen LogP contribution is -2.17. The van der Waals surface area contributed by atoms with Crippen LogP contribution in [0, 0.1) is 6.92 Å². The van der Waals surface area contributed by atoms with Crippen molar-refractivity contribution >= 4 is 16.9 Å². The molecule has 0 saturated heterocycles. The molecule has 0 fully saturated rings. The Kier molecular flexibility index (Phi) is 1.98. The number of hydrogen-bond acceptors (Lipinski definition) is 3. The molecule has 0 radical (unpaired) electrons. The zero-order chi connectivity index (χ0) is 10.1. The smallest absolute Gasteiger partial charge is 0.310 e. The molecule has 2 rings (SSSR count). The standard InChI is InChI=1S/C10H9NO3/c1-6-2-3-8-7(4-6)5-9(14-8)10(12)11-13/h2-5,13H,1H3,(H,11,12). The number of furan rings is 1. The first kappa shape index (κ1) is 8.77. The third kappa shape index (κ3) is 1.36. The molecule has 72 valence electrons. The van der Waals surface area contributed by atoms with Gasteiger partial charge in [0.2, 0.25) is 0 Å². The maximum absolute atomic E-state index is 11.0. The largest absolute Gasteiger partial charge is 0.451 e. The van der Waals surface area contributed by atoms with Crippen LogP contribution >= 0.6 is 0 Å². The van der Waals surface area contributed by atoms with Gasteiger partial charge in [-0.25, -0.2) is 5.48 Å². The van der Waals surface area contributed by atoms with Crippen molar-refractivity contribution < 1.29 is 14.4 Å². The molecule has 14 heavy (non-hydrogen) atoms. The number of aryl methyl sites for hydroxylation is 1. The summed E-state index contributed by atoms with van der Waals surface area (Å²) in [7, 11) is 0. The lowest BCUT2D eigenvalue weighted by Gasteiger charge is -1.90. The predicted molar refractivity (Wildman–Crippen MR) is 50.2 cm³/mol. The molecule has 0 saturated carbocycles. The van der Waals surface area contributed by atoms with Gasteiger partial charge in [0.05, 0.1) is 0 Å². The summed E-state index contributed by atoms with van der Waals surface area (Å²) in [5, 5.41) is 9.26. The van der Waals surface area contributed by atoms with E-state index in [1.165, 1.54) is 5.48 Å².